The van der Waals surface area contributed by atoms with Crippen molar-refractivity contribution in [2.24, 2.45) is 0 Å². The van der Waals surface area contributed by atoms with E-state index in [1.165, 1.54) is 0 Å². The van der Waals surface area contributed by atoms with E-state index in [2.05, 4.69) is 15.6 Å². The first-order chi connectivity index (χ1) is 12.7. The Morgan fingerprint density at radius 3 is 2.81 bits per heavy atom. The van der Waals surface area contributed by atoms with Crippen molar-refractivity contribution in [3.63, 3.8) is 0 Å². The van der Waals surface area contributed by atoms with Crippen LogP contribution in [-0.4, -0.2) is 26.2 Å². The topological polar surface area (TPSA) is 67.0 Å². The Hall–Kier alpha value is -2.77. The van der Waals surface area contributed by atoms with Gasteiger partial charge in [0.05, 0.1) is 19.1 Å². The van der Waals surface area contributed by atoms with Crippen LogP contribution in [0.5, 0.6) is 5.75 Å². The van der Waals surface area contributed by atoms with Crippen molar-refractivity contribution in [1.82, 2.24) is 14.5 Å². The summed E-state index contributed by atoms with van der Waals surface area (Å²) >= 11 is 0.783. The number of nitrogens with zero attached hydrogens (tertiary/aromatic N) is 3. The zero-order valence-electron chi connectivity index (χ0n) is 14.5. The molecule has 1 aromatic carbocycles. The second kappa shape index (κ2) is 6.86. The van der Waals surface area contributed by atoms with Gasteiger partial charge in [0.2, 0.25) is 0 Å². The highest BCUT2D eigenvalue weighted by atomic mass is 32.2. The lowest BCUT2D eigenvalue weighted by Gasteiger charge is -2.11. The van der Waals surface area contributed by atoms with E-state index in [9.17, 15) is 4.55 Å². The molecule has 2 N–H and O–H groups in total. The third-order valence-corrected chi connectivity index (χ3v) is 4.88. The fourth-order valence-corrected chi connectivity index (χ4v) is 3.58. The quantitative estimate of drug-likeness (QED) is 0.417. The third-order valence-electron chi connectivity index (χ3n) is 4.47. The van der Waals surface area contributed by atoms with Gasteiger partial charge < -0.3 is 13.9 Å². The summed E-state index contributed by atoms with van der Waals surface area (Å²) in [6.07, 6.45) is 5.93. The molecule has 0 bridgehead atoms. The number of fused-ring (bicyclic) bond motifs is 1. The molecule has 0 fully saturated rings. The van der Waals surface area contributed by atoms with Crippen LogP contribution in [0.2, 0.25) is 0 Å². The molecular weight excluding hydrogens is 348 g/mol. The Morgan fingerprint density at radius 2 is 2.08 bits per heavy atom. The molecule has 0 aliphatic carbocycles. The molecule has 0 aliphatic rings. The van der Waals surface area contributed by atoms with Crippen molar-refractivity contribution in [1.29, 1.82) is 0 Å². The van der Waals surface area contributed by atoms with Crippen LogP contribution in [-0.2, 0) is 5.75 Å². The number of benzene rings is 1. The van der Waals surface area contributed by atoms with Crippen LogP contribution in [0.15, 0.2) is 55.0 Å². The second-order valence-corrected chi connectivity index (χ2v) is 6.50. The molecule has 0 spiro atoms. The van der Waals surface area contributed by atoms with Gasteiger partial charge in [-0.25, -0.2) is 9.55 Å². The van der Waals surface area contributed by atoms with Crippen molar-refractivity contribution >= 4 is 23.1 Å². The molecule has 132 valence electrons. The number of hydrogen-bond acceptors (Lipinski definition) is 4. The first-order valence-corrected chi connectivity index (χ1v) is 9.13. The SMILES string of the molecule is COc1cc[n+](-c2nc3ccc(-n4cccc4)cc3[nH]2)c(CSO)c1C. The fraction of sp³-hybridized carbons (Fsp3) is 0.158. The predicted octanol–water partition coefficient (Wildman–Crippen LogP) is 3.65. The fourth-order valence-electron chi connectivity index (χ4n) is 3.10. The van der Waals surface area contributed by atoms with Crippen LogP contribution in [0.4, 0.5) is 0 Å². The minimum Gasteiger partial charge on any atom is -0.496 e. The Morgan fingerprint density at radius 1 is 1.27 bits per heavy atom. The molecule has 4 aromatic rings. The lowest BCUT2D eigenvalue weighted by Crippen LogP contribution is -2.37. The summed E-state index contributed by atoms with van der Waals surface area (Å²) in [5.74, 6) is 1.94. The van der Waals surface area contributed by atoms with E-state index in [1.54, 1.807) is 7.11 Å². The van der Waals surface area contributed by atoms with Crippen molar-refractivity contribution in [2.75, 3.05) is 7.11 Å². The lowest BCUT2D eigenvalue weighted by molar-refractivity contribution is -0.610. The first kappa shape index (κ1) is 16.7. The average Bonchev–Trinajstić information content (AvgIpc) is 3.32. The van der Waals surface area contributed by atoms with Gasteiger partial charge >= 0.3 is 5.95 Å². The van der Waals surface area contributed by atoms with Gasteiger partial charge in [-0.15, -0.1) is 0 Å². The largest absolute Gasteiger partial charge is 0.496 e. The molecule has 0 saturated heterocycles. The number of H-pyrrole nitrogens is 1. The number of nitrogens with one attached hydrogen (secondary N) is 1. The number of hydrogen-bond donors (Lipinski definition) is 2. The van der Waals surface area contributed by atoms with Crippen molar-refractivity contribution in [3.8, 4) is 17.4 Å². The molecule has 7 heteroatoms. The van der Waals surface area contributed by atoms with Crippen molar-refractivity contribution < 1.29 is 13.9 Å². The van der Waals surface area contributed by atoms with Crippen LogP contribution in [0.25, 0.3) is 22.7 Å². The van der Waals surface area contributed by atoms with Gasteiger partial charge in [0.15, 0.2) is 5.52 Å². The summed E-state index contributed by atoms with van der Waals surface area (Å²) in [6.45, 7) is 1.98. The molecule has 0 unspecified atom stereocenters. The molecular formula is C19H19N4O2S+. The molecule has 0 saturated carbocycles. The van der Waals surface area contributed by atoms with E-state index < -0.39 is 0 Å². The molecule has 6 nitrogen and oxygen atoms in total. The summed E-state index contributed by atoms with van der Waals surface area (Å²) in [6, 6.07) is 12.0. The van der Waals surface area contributed by atoms with Gasteiger partial charge in [-0.05, 0) is 43.2 Å². The number of aromatic amines is 1. The molecule has 3 heterocycles. The molecule has 3 aromatic heterocycles. The Bertz CT molecular complexity index is 1060. The highest BCUT2D eigenvalue weighted by molar-refractivity contribution is 7.92. The number of methoxy groups -OCH3 is 1. The summed E-state index contributed by atoms with van der Waals surface area (Å²) in [5, 5.41) is 0. The highest BCUT2D eigenvalue weighted by Gasteiger charge is 2.20. The van der Waals surface area contributed by atoms with Crippen LogP contribution < -0.4 is 9.30 Å². The Kier molecular flexibility index (Phi) is 4.40. The summed E-state index contributed by atoms with van der Waals surface area (Å²) in [7, 11) is 1.65. The van der Waals surface area contributed by atoms with Crippen LogP contribution in [0, 0.1) is 6.92 Å². The van der Waals surface area contributed by atoms with Gasteiger partial charge in [-0.1, -0.05) is 4.98 Å². The van der Waals surface area contributed by atoms with E-state index in [0.29, 0.717) is 11.7 Å². The molecule has 0 radical (unpaired) electrons. The standard InChI is InChI=1S/C19H18N4O2S/c1-13-17(12-26-24)23(10-7-18(13)25-2)19-20-15-6-5-14(11-16(15)21-19)22-8-3-4-9-22/h3-11H,12H2,1-2H3,(H-,20,21,24)/p+1. The van der Waals surface area contributed by atoms with E-state index in [-0.39, 0.29) is 0 Å². The Labute approximate surface area is 155 Å². The van der Waals surface area contributed by atoms with Gasteiger partial charge in [0.25, 0.3) is 0 Å². The maximum absolute atomic E-state index is 9.39. The predicted molar refractivity (Wildman–Crippen MR) is 102 cm³/mol. The normalized spacial score (nSPS) is 11.2. The Balaban J connectivity index is 1.83. The monoisotopic (exact) mass is 367 g/mol. The molecule has 4 rings (SSSR count). The average molecular weight is 367 g/mol. The molecule has 0 atom stereocenters. The molecule has 0 aliphatic heterocycles. The van der Waals surface area contributed by atoms with Crippen LogP contribution >= 0.6 is 12.0 Å². The van der Waals surface area contributed by atoms with E-state index >= 15 is 0 Å². The first-order valence-electron chi connectivity index (χ1n) is 8.19. The van der Waals surface area contributed by atoms with Crippen LogP contribution in [0.3, 0.4) is 0 Å². The maximum atomic E-state index is 9.39. The van der Waals surface area contributed by atoms with E-state index in [0.717, 1.165) is 45.8 Å². The van der Waals surface area contributed by atoms with Gasteiger partial charge in [0, 0.05) is 35.8 Å². The number of rotatable bonds is 5. The third kappa shape index (κ3) is 2.85. The zero-order chi connectivity index (χ0) is 18.1. The van der Waals surface area contributed by atoms with Gasteiger partial charge in [-0.2, -0.15) is 0 Å². The minimum absolute atomic E-state index is 0.439. The molecule has 26 heavy (non-hydrogen) atoms. The van der Waals surface area contributed by atoms with Gasteiger partial charge in [-0.3, -0.25) is 0 Å². The molecule has 0 amide bonds. The summed E-state index contributed by atoms with van der Waals surface area (Å²) in [4.78, 5) is 8.10. The lowest BCUT2D eigenvalue weighted by atomic mass is 10.2. The van der Waals surface area contributed by atoms with Crippen LogP contribution in [0.1, 0.15) is 11.3 Å². The van der Waals surface area contributed by atoms with E-state index in [4.69, 9.17) is 9.72 Å². The maximum Gasteiger partial charge on any atom is 0.402 e. The number of pyridine rings is 1. The minimum atomic E-state index is 0.439. The second-order valence-electron chi connectivity index (χ2n) is 5.95. The summed E-state index contributed by atoms with van der Waals surface area (Å²) in [5.41, 5.74) is 4.82. The van der Waals surface area contributed by atoms with Crippen molar-refractivity contribution in [3.05, 3.63) is 66.2 Å². The highest BCUT2D eigenvalue weighted by Crippen LogP contribution is 2.23. The van der Waals surface area contributed by atoms with E-state index in [1.807, 2.05) is 60.4 Å². The van der Waals surface area contributed by atoms with Crippen molar-refractivity contribution in [2.45, 2.75) is 12.7 Å². The zero-order valence-corrected chi connectivity index (χ0v) is 15.3. The number of aromatic nitrogens is 4. The summed E-state index contributed by atoms with van der Waals surface area (Å²) < 4.78 is 18.8. The van der Waals surface area contributed by atoms with Gasteiger partial charge in [0.1, 0.15) is 17.0 Å². The number of imidazole rings is 1. The number of ether oxygens (including phenoxy) is 1. The smallest absolute Gasteiger partial charge is 0.402 e.